The molecular weight excluding hydrogens is 236 g/mol. The summed E-state index contributed by atoms with van der Waals surface area (Å²) in [6, 6.07) is 8.31. The van der Waals surface area contributed by atoms with Gasteiger partial charge in [0.05, 0.1) is 0 Å². The summed E-state index contributed by atoms with van der Waals surface area (Å²) in [5.41, 5.74) is 5.54. The molecule has 1 N–H and O–H groups in total. The van der Waals surface area contributed by atoms with E-state index in [9.17, 15) is 0 Å². The van der Waals surface area contributed by atoms with Gasteiger partial charge >= 0.3 is 0 Å². The molecule has 2 aromatic rings. The van der Waals surface area contributed by atoms with Crippen LogP contribution in [0.3, 0.4) is 0 Å². The third-order valence-corrected chi connectivity index (χ3v) is 3.44. The Morgan fingerprint density at radius 3 is 2.21 bits per heavy atom. The van der Waals surface area contributed by atoms with Crippen LogP contribution < -0.4 is 0 Å². The molecule has 0 unspecified atom stereocenters. The van der Waals surface area contributed by atoms with Gasteiger partial charge in [-0.15, -0.1) is 0 Å². The van der Waals surface area contributed by atoms with Crippen LogP contribution in [0.1, 0.15) is 33.9 Å². The van der Waals surface area contributed by atoms with E-state index in [0.717, 1.165) is 29.2 Å². The van der Waals surface area contributed by atoms with Crippen LogP contribution in [0.2, 0.25) is 0 Å². The molecule has 0 saturated heterocycles. The number of hydrogen-bond acceptors (Lipinski definition) is 3. The monoisotopic (exact) mass is 256 g/mol. The molecule has 19 heavy (non-hydrogen) atoms. The van der Waals surface area contributed by atoms with E-state index in [-0.39, 0.29) is 6.61 Å². The van der Waals surface area contributed by atoms with E-state index in [1.54, 1.807) is 0 Å². The second kappa shape index (κ2) is 5.93. The van der Waals surface area contributed by atoms with E-state index < -0.39 is 0 Å². The molecule has 0 fully saturated rings. The molecule has 0 spiro atoms. The average Bonchev–Trinajstić information content (AvgIpc) is 2.37. The molecule has 0 saturated carbocycles. The van der Waals surface area contributed by atoms with E-state index in [2.05, 4.69) is 29.0 Å². The van der Waals surface area contributed by atoms with Crippen LogP contribution in [0.25, 0.3) is 0 Å². The first-order valence-electron chi connectivity index (χ1n) is 6.60. The molecule has 1 aromatic carbocycles. The van der Waals surface area contributed by atoms with Gasteiger partial charge < -0.3 is 5.11 Å². The van der Waals surface area contributed by atoms with Gasteiger partial charge in [0.1, 0.15) is 5.82 Å². The van der Waals surface area contributed by atoms with Crippen LogP contribution in [0.15, 0.2) is 24.3 Å². The molecule has 100 valence electrons. The SMILES string of the molecule is Cc1ccccc1Cc1nc(C)c(CCO)c(C)n1. The van der Waals surface area contributed by atoms with E-state index in [1.165, 1.54) is 11.1 Å². The first-order valence-corrected chi connectivity index (χ1v) is 6.60. The second-order valence-corrected chi connectivity index (χ2v) is 4.87. The van der Waals surface area contributed by atoms with E-state index >= 15 is 0 Å². The van der Waals surface area contributed by atoms with Crippen molar-refractivity contribution in [2.75, 3.05) is 6.61 Å². The molecule has 0 aliphatic carbocycles. The molecule has 0 amide bonds. The van der Waals surface area contributed by atoms with Crippen LogP contribution in [0.4, 0.5) is 0 Å². The molecule has 3 nitrogen and oxygen atoms in total. The molecular formula is C16H20N2O. The minimum absolute atomic E-state index is 0.141. The standard InChI is InChI=1S/C16H20N2O/c1-11-6-4-5-7-14(11)10-16-17-12(2)15(8-9-19)13(3)18-16/h4-7,19H,8-10H2,1-3H3. The number of nitrogens with zero attached hydrogens (tertiary/aromatic N) is 2. The number of rotatable bonds is 4. The fourth-order valence-electron chi connectivity index (χ4n) is 2.34. The fourth-order valence-corrected chi connectivity index (χ4v) is 2.34. The van der Waals surface area contributed by atoms with Crippen LogP contribution in [-0.4, -0.2) is 21.7 Å². The Labute approximate surface area is 114 Å². The Hall–Kier alpha value is -1.74. The molecule has 0 radical (unpaired) electrons. The average molecular weight is 256 g/mol. The van der Waals surface area contributed by atoms with Gasteiger partial charge in [-0.2, -0.15) is 0 Å². The summed E-state index contributed by atoms with van der Waals surface area (Å²) in [5, 5.41) is 9.05. The summed E-state index contributed by atoms with van der Waals surface area (Å²) < 4.78 is 0. The lowest BCUT2D eigenvalue weighted by atomic mass is 10.0. The Kier molecular flexibility index (Phi) is 4.27. The lowest BCUT2D eigenvalue weighted by Gasteiger charge is -2.10. The Bertz CT molecular complexity index is 556. The van der Waals surface area contributed by atoms with E-state index in [4.69, 9.17) is 5.11 Å². The third-order valence-electron chi connectivity index (χ3n) is 3.44. The van der Waals surface area contributed by atoms with Crippen molar-refractivity contribution in [3.05, 3.63) is 58.2 Å². The number of aromatic nitrogens is 2. The zero-order valence-electron chi connectivity index (χ0n) is 11.8. The molecule has 0 aliphatic rings. The minimum Gasteiger partial charge on any atom is -0.396 e. The predicted molar refractivity (Wildman–Crippen MR) is 76.3 cm³/mol. The molecule has 3 heteroatoms. The number of aliphatic hydroxyl groups is 1. The normalized spacial score (nSPS) is 10.7. The summed E-state index contributed by atoms with van der Waals surface area (Å²) >= 11 is 0. The minimum atomic E-state index is 0.141. The highest BCUT2D eigenvalue weighted by Crippen LogP contribution is 2.15. The van der Waals surface area contributed by atoms with E-state index in [1.807, 2.05) is 26.0 Å². The Morgan fingerprint density at radius 2 is 1.63 bits per heavy atom. The third kappa shape index (κ3) is 3.18. The van der Waals surface area contributed by atoms with Gasteiger partial charge in [-0.25, -0.2) is 9.97 Å². The highest BCUT2D eigenvalue weighted by Gasteiger charge is 2.09. The van der Waals surface area contributed by atoms with Gasteiger partial charge in [-0.1, -0.05) is 24.3 Å². The fraction of sp³-hybridized carbons (Fsp3) is 0.375. The van der Waals surface area contributed by atoms with Gasteiger partial charge in [0.25, 0.3) is 0 Å². The van der Waals surface area contributed by atoms with Crippen LogP contribution in [0.5, 0.6) is 0 Å². The Morgan fingerprint density at radius 1 is 1.00 bits per heavy atom. The summed E-state index contributed by atoms with van der Waals surface area (Å²) in [7, 11) is 0. The predicted octanol–water partition coefficient (Wildman–Crippen LogP) is 2.53. The first kappa shape index (κ1) is 13.7. The lowest BCUT2D eigenvalue weighted by Crippen LogP contribution is -2.07. The molecule has 0 atom stereocenters. The largest absolute Gasteiger partial charge is 0.396 e. The zero-order chi connectivity index (χ0) is 13.8. The highest BCUT2D eigenvalue weighted by atomic mass is 16.2. The maximum absolute atomic E-state index is 9.05. The van der Waals surface area contributed by atoms with Crippen molar-refractivity contribution < 1.29 is 5.11 Å². The molecule has 1 heterocycles. The molecule has 0 bridgehead atoms. The van der Waals surface area contributed by atoms with Crippen molar-refractivity contribution in [2.45, 2.75) is 33.6 Å². The van der Waals surface area contributed by atoms with Gasteiger partial charge in [0.2, 0.25) is 0 Å². The van der Waals surface area contributed by atoms with Gasteiger partial charge in [-0.05, 0) is 43.9 Å². The van der Waals surface area contributed by atoms with Crippen molar-refractivity contribution in [1.29, 1.82) is 0 Å². The van der Waals surface area contributed by atoms with Crippen molar-refractivity contribution in [3.8, 4) is 0 Å². The number of aryl methyl sites for hydroxylation is 3. The van der Waals surface area contributed by atoms with Crippen LogP contribution in [-0.2, 0) is 12.8 Å². The van der Waals surface area contributed by atoms with E-state index in [0.29, 0.717) is 6.42 Å². The summed E-state index contributed by atoms with van der Waals surface area (Å²) in [6.45, 7) is 6.22. The van der Waals surface area contributed by atoms with Crippen LogP contribution >= 0.6 is 0 Å². The van der Waals surface area contributed by atoms with Crippen molar-refractivity contribution in [1.82, 2.24) is 9.97 Å². The summed E-state index contributed by atoms with van der Waals surface area (Å²) in [4.78, 5) is 9.13. The van der Waals surface area contributed by atoms with Gasteiger partial charge in [0, 0.05) is 24.4 Å². The highest BCUT2D eigenvalue weighted by molar-refractivity contribution is 5.30. The second-order valence-electron chi connectivity index (χ2n) is 4.87. The van der Waals surface area contributed by atoms with Crippen LogP contribution in [0, 0.1) is 20.8 Å². The maximum atomic E-state index is 9.05. The van der Waals surface area contributed by atoms with Gasteiger partial charge in [-0.3, -0.25) is 0 Å². The van der Waals surface area contributed by atoms with Crippen molar-refractivity contribution >= 4 is 0 Å². The first-order chi connectivity index (χ1) is 9.11. The topological polar surface area (TPSA) is 46.0 Å². The van der Waals surface area contributed by atoms with Gasteiger partial charge in [0.15, 0.2) is 0 Å². The zero-order valence-corrected chi connectivity index (χ0v) is 11.8. The smallest absolute Gasteiger partial charge is 0.133 e. The Balaban J connectivity index is 2.30. The van der Waals surface area contributed by atoms with Crippen molar-refractivity contribution in [2.24, 2.45) is 0 Å². The van der Waals surface area contributed by atoms with Crippen molar-refractivity contribution in [3.63, 3.8) is 0 Å². The number of hydrogen-bond donors (Lipinski definition) is 1. The lowest BCUT2D eigenvalue weighted by molar-refractivity contribution is 0.298. The maximum Gasteiger partial charge on any atom is 0.133 e. The molecule has 1 aromatic heterocycles. The molecule has 2 rings (SSSR count). The number of benzene rings is 1. The number of aliphatic hydroxyl groups excluding tert-OH is 1. The summed E-state index contributed by atoms with van der Waals surface area (Å²) in [5.74, 6) is 0.853. The molecule has 0 aliphatic heterocycles. The quantitative estimate of drug-likeness (QED) is 0.914. The summed E-state index contributed by atoms with van der Waals surface area (Å²) in [6.07, 6.45) is 1.38.